The minimum Gasteiger partial charge on any atom is -0.370 e. The van der Waals surface area contributed by atoms with E-state index in [4.69, 9.17) is 0 Å². The van der Waals surface area contributed by atoms with Crippen molar-refractivity contribution in [1.82, 2.24) is 9.88 Å². The molecule has 1 aliphatic rings. The summed E-state index contributed by atoms with van der Waals surface area (Å²) in [6.07, 6.45) is 6.42. The number of aromatic nitrogens is 1. The summed E-state index contributed by atoms with van der Waals surface area (Å²) in [6, 6.07) is 4.06. The molecule has 0 unspecified atom stereocenters. The van der Waals surface area contributed by atoms with Gasteiger partial charge in [-0.2, -0.15) is 0 Å². The van der Waals surface area contributed by atoms with Crippen molar-refractivity contribution in [3.05, 3.63) is 23.9 Å². The topological polar surface area (TPSA) is 45.2 Å². The number of nitrogens with one attached hydrogen (secondary N) is 1. The Bertz CT molecular complexity index is 413. The third-order valence-corrected chi connectivity index (χ3v) is 3.58. The van der Waals surface area contributed by atoms with Crippen LogP contribution in [0.25, 0.3) is 0 Å². The van der Waals surface area contributed by atoms with Gasteiger partial charge in [0.2, 0.25) is 0 Å². The molecule has 1 heterocycles. The molecule has 1 N–H and O–H groups in total. The predicted molar refractivity (Wildman–Crippen MR) is 72.8 cm³/mol. The quantitative estimate of drug-likeness (QED) is 0.889. The summed E-state index contributed by atoms with van der Waals surface area (Å²) in [6.45, 7) is 2.77. The lowest BCUT2D eigenvalue weighted by Gasteiger charge is -2.25. The van der Waals surface area contributed by atoms with E-state index in [-0.39, 0.29) is 5.91 Å². The first kappa shape index (κ1) is 12.9. The lowest BCUT2D eigenvalue weighted by molar-refractivity contribution is 0.0736. The van der Waals surface area contributed by atoms with E-state index in [9.17, 15) is 4.79 Å². The highest BCUT2D eigenvalue weighted by atomic mass is 16.2. The number of carbonyl (C=O) groups excluding carboxylic acids is 1. The molecule has 0 saturated heterocycles. The number of hydrogen-bond donors (Lipinski definition) is 1. The van der Waals surface area contributed by atoms with Crippen LogP contribution in [-0.2, 0) is 0 Å². The molecule has 1 amide bonds. The van der Waals surface area contributed by atoms with Crippen molar-refractivity contribution in [2.24, 2.45) is 0 Å². The van der Waals surface area contributed by atoms with Gasteiger partial charge in [-0.05, 0) is 31.9 Å². The minimum atomic E-state index is 0.0750. The van der Waals surface area contributed by atoms with Gasteiger partial charge in [-0.25, -0.2) is 4.98 Å². The summed E-state index contributed by atoms with van der Waals surface area (Å²) in [5.74, 6) is 0.765. The minimum absolute atomic E-state index is 0.0750. The van der Waals surface area contributed by atoms with Gasteiger partial charge in [-0.15, -0.1) is 0 Å². The molecule has 1 saturated carbocycles. The maximum atomic E-state index is 12.5. The van der Waals surface area contributed by atoms with Gasteiger partial charge in [0, 0.05) is 25.8 Å². The second kappa shape index (κ2) is 5.85. The van der Waals surface area contributed by atoms with Gasteiger partial charge < -0.3 is 10.2 Å². The Morgan fingerprint density at radius 2 is 2.22 bits per heavy atom. The Morgan fingerprint density at radius 1 is 1.50 bits per heavy atom. The van der Waals surface area contributed by atoms with Crippen LogP contribution < -0.4 is 5.32 Å². The van der Waals surface area contributed by atoms with Crippen LogP contribution in [0.5, 0.6) is 0 Å². The summed E-state index contributed by atoms with van der Waals surface area (Å²) >= 11 is 0. The van der Waals surface area contributed by atoms with Crippen molar-refractivity contribution in [1.29, 1.82) is 0 Å². The van der Waals surface area contributed by atoms with Crippen LogP contribution in [-0.4, -0.2) is 35.4 Å². The fourth-order valence-electron chi connectivity index (χ4n) is 2.53. The molecule has 0 aromatic carbocycles. The van der Waals surface area contributed by atoms with Gasteiger partial charge in [0.15, 0.2) is 0 Å². The fourth-order valence-corrected chi connectivity index (χ4v) is 2.53. The SMILES string of the molecule is CCNc1ncccc1C(=O)N(C)C1CCCC1. The van der Waals surface area contributed by atoms with E-state index in [1.807, 2.05) is 31.0 Å². The Kier molecular flexibility index (Phi) is 4.18. The van der Waals surface area contributed by atoms with E-state index in [0.29, 0.717) is 17.4 Å². The maximum absolute atomic E-state index is 12.5. The summed E-state index contributed by atoms with van der Waals surface area (Å²) in [7, 11) is 1.90. The second-order valence-corrected chi connectivity index (χ2v) is 4.78. The molecule has 1 aliphatic carbocycles. The molecule has 1 fully saturated rings. The Hall–Kier alpha value is -1.58. The Balaban J connectivity index is 2.16. The molecular weight excluding hydrogens is 226 g/mol. The zero-order chi connectivity index (χ0) is 13.0. The van der Waals surface area contributed by atoms with Crippen molar-refractivity contribution >= 4 is 11.7 Å². The van der Waals surface area contributed by atoms with Gasteiger partial charge in [0.05, 0.1) is 5.56 Å². The number of pyridine rings is 1. The third kappa shape index (κ3) is 2.63. The van der Waals surface area contributed by atoms with Gasteiger partial charge in [-0.1, -0.05) is 12.8 Å². The molecule has 1 aromatic heterocycles. The van der Waals surface area contributed by atoms with Crippen molar-refractivity contribution in [3.63, 3.8) is 0 Å². The van der Waals surface area contributed by atoms with Crippen LogP contribution in [0, 0.1) is 0 Å². The summed E-state index contributed by atoms with van der Waals surface area (Å²) in [5, 5.41) is 3.14. The molecule has 0 aliphatic heterocycles. The number of rotatable bonds is 4. The molecule has 1 aromatic rings. The van der Waals surface area contributed by atoms with Crippen LogP contribution in [0.15, 0.2) is 18.3 Å². The van der Waals surface area contributed by atoms with Gasteiger partial charge in [0.1, 0.15) is 5.82 Å². The number of anilines is 1. The first-order valence-electron chi connectivity index (χ1n) is 6.70. The molecule has 18 heavy (non-hydrogen) atoms. The lowest BCUT2D eigenvalue weighted by atomic mass is 10.1. The highest BCUT2D eigenvalue weighted by Crippen LogP contribution is 2.24. The van der Waals surface area contributed by atoms with Gasteiger partial charge in [-0.3, -0.25) is 4.79 Å². The van der Waals surface area contributed by atoms with Crippen LogP contribution in [0.1, 0.15) is 43.0 Å². The average molecular weight is 247 g/mol. The van der Waals surface area contributed by atoms with Crippen molar-refractivity contribution < 1.29 is 4.79 Å². The normalized spacial score (nSPS) is 15.7. The van der Waals surface area contributed by atoms with E-state index < -0.39 is 0 Å². The number of amides is 1. The molecule has 0 bridgehead atoms. The summed E-state index contributed by atoms with van der Waals surface area (Å²) < 4.78 is 0. The molecule has 2 rings (SSSR count). The number of carbonyl (C=O) groups is 1. The van der Waals surface area contributed by atoms with Crippen LogP contribution in [0.3, 0.4) is 0 Å². The highest BCUT2D eigenvalue weighted by Gasteiger charge is 2.25. The molecule has 0 radical (unpaired) electrons. The Labute approximate surface area is 108 Å². The van der Waals surface area contributed by atoms with Gasteiger partial charge in [0.25, 0.3) is 5.91 Å². The van der Waals surface area contributed by atoms with Crippen LogP contribution in [0.2, 0.25) is 0 Å². The number of hydrogen-bond acceptors (Lipinski definition) is 3. The standard InChI is InChI=1S/C14H21N3O/c1-3-15-13-12(9-6-10-16-13)14(18)17(2)11-7-4-5-8-11/h6,9-11H,3-5,7-8H2,1-2H3,(H,15,16). The molecule has 4 heteroatoms. The summed E-state index contributed by atoms with van der Waals surface area (Å²) in [5.41, 5.74) is 0.675. The van der Waals surface area contributed by atoms with Crippen LogP contribution >= 0.6 is 0 Å². The van der Waals surface area contributed by atoms with E-state index in [2.05, 4.69) is 10.3 Å². The first-order valence-corrected chi connectivity index (χ1v) is 6.70. The monoisotopic (exact) mass is 247 g/mol. The van der Waals surface area contributed by atoms with Crippen molar-refractivity contribution in [2.75, 3.05) is 18.9 Å². The predicted octanol–water partition coefficient (Wildman–Crippen LogP) is 2.53. The first-order chi connectivity index (χ1) is 8.74. The lowest BCUT2D eigenvalue weighted by Crippen LogP contribution is -2.35. The van der Waals surface area contributed by atoms with Crippen molar-refractivity contribution in [3.8, 4) is 0 Å². The van der Waals surface area contributed by atoms with Gasteiger partial charge >= 0.3 is 0 Å². The number of nitrogens with zero attached hydrogens (tertiary/aromatic N) is 2. The second-order valence-electron chi connectivity index (χ2n) is 4.78. The Morgan fingerprint density at radius 3 is 2.89 bits per heavy atom. The fraction of sp³-hybridized carbons (Fsp3) is 0.571. The van der Waals surface area contributed by atoms with E-state index in [1.165, 1.54) is 12.8 Å². The van der Waals surface area contributed by atoms with E-state index in [1.54, 1.807) is 6.20 Å². The van der Waals surface area contributed by atoms with E-state index in [0.717, 1.165) is 19.4 Å². The molecule has 98 valence electrons. The molecular formula is C14H21N3O. The largest absolute Gasteiger partial charge is 0.370 e. The van der Waals surface area contributed by atoms with E-state index >= 15 is 0 Å². The maximum Gasteiger partial charge on any atom is 0.257 e. The molecule has 0 atom stereocenters. The summed E-state index contributed by atoms with van der Waals surface area (Å²) in [4.78, 5) is 18.6. The molecule has 4 nitrogen and oxygen atoms in total. The van der Waals surface area contributed by atoms with Crippen molar-refractivity contribution in [2.45, 2.75) is 38.6 Å². The highest BCUT2D eigenvalue weighted by molar-refractivity contribution is 5.98. The molecule has 0 spiro atoms. The zero-order valence-electron chi connectivity index (χ0n) is 11.1. The zero-order valence-corrected chi connectivity index (χ0v) is 11.1. The van der Waals surface area contributed by atoms with Crippen LogP contribution in [0.4, 0.5) is 5.82 Å². The third-order valence-electron chi connectivity index (χ3n) is 3.58. The smallest absolute Gasteiger partial charge is 0.257 e. The average Bonchev–Trinajstić information content (AvgIpc) is 2.92.